The molecule has 3 rings (SSSR count). The number of ether oxygens (including phenoxy) is 2. The highest BCUT2D eigenvalue weighted by molar-refractivity contribution is 7.99. The molecule has 0 amide bonds. The van der Waals surface area contributed by atoms with E-state index < -0.39 is 5.97 Å². The van der Waals surface area contributed by atoms with Gasteiger partial charge in [0.2, 0.25) is 5.88 Å². The van der Waals surface area contributed by atoms with E-state index in [1.807, 2.05) is 45.9 Å². The summed E-state index contributed by atoms with van der Waals surface area (Å²) in [6.45, 7) is 9.88. The predicted octanol–water partition coefficient (Wildman–Crippen LogP) is 5.39. The quantitative estimate of drug-likeness (QED) is 0.510. The van der Waals surface area contributed by atoms with E-state index in [4.69, 9.17) is 9.47 Å². The van der Waals surface area contributed by atoms with Crippen LogP contribution in [0.4, 0.5) is 0 Å². The van der Waals surface area contributed by atoms with Gasteiger partial charge in [0.05, 0.1) is 16.1 Å². The number of esters is 1. The first-order valence-electron chi connectivity index (χ1n) is 9.47. The maximum Gasteiger partial charge on any atom is 0.350 e. The molecule has 0 aliphatic rings. The number of para-hydroxylation sites is 1. The minimum atomic E-state index is -0.468. The number of rotatable bonds is 6. The van der Waals surface area contributed by atoms with Gasteiger partial charge in [0.15, 0.2) is 6.61 Å². The highest BCUT2D eigenvalue weighted by Crippen LogP contribution is 2.40. The number of aryl methyl sites for hydroxylation is 2. The van der Waals surface area contributed by atoms with Crippen LogP contribution in [0.25, 0.3) is 0 Å². The molecule has 1 aromatic heterocycles. The Labute approximate surface area is 176 Å². The van der Waals surface area contributed by atoms with Crippen LogP contribution in [0.2, 0.25) is 0 Å². The molecule has 152 valence electrons. The fourth-order valence-electron chi connectivity index (χ4n) is 2.67. The van der Waals surface area contributed by atoms with Crippen molar-refractivity contribution >= 4 is 17.7 Å². The van der Waals surface area contributed by atoms with E-state index >= 15 is 0 Å². The summed E-state index contributed by atoms with van der Waals surface area (Å²) in [4.78, 5) is 14.4. The zero-order chi connectivity index (χ0) is 21.0. The van der Waals surface area contributed by atoms with Crippen molar-refractivity contribution in [2.75, 3.05) is 6.61 Å². The molecule has 0 aliphatic heterocycles. The summed E-state index contributed by atoms with van der Waals surface area (Å²) in [6.07, 6.45) is 0. The molecule has 0 saturated heterocycles. The Hall–Kier alpha value is -2.73. The summed E-state index contributed by atoms with van der Waals surface area (Å²) < 4.78 is 13.1. The Kier molecular flexibility index (Phi) is 6.33. The fraction of sp³-hybridized carbons (Fsp3) is 0.304. The van der Waals surface area contributed by atoms with Crippen LogP contribution in [0.15, 0.2) is 64.4 Å². The lowest BCUT2D eigenvalue weighted by molar-refractivity contribution is -0.137. The fourth-order valence-corrected chi connectivity index (χ4v) is 3.59. The molecule has 0 bridgehead atoms. The van der Waals surface area contributed by atoms with Gasteiger partial charge in [-0.05, 0) is 58.9 Å². The molecule has 29 heavy (non-hydrogen) atoms. The second-order valence-corrected chi connectivity index (χ2v) is 8.88. The minimum Gasteiger partial charge on any atom is -0.482 e. The third-order valence-electron chi connectivity index (χ3n) is 4.15. The average Bonchev–Trinajstić information content (AvgIpc) is 2.99. The first-order valence-corrected chi connectivity index (χ1v) is 10.3. The SMILES string of the molecule is Cc1ccc(Sc2c(C)nn(C(C)(C)C)c2OC(=O)COc2ccccc2)cc1. The van der Waals surface area contributed by atoms with Crippen molar-refractivity contribution < 1.29 is 14.3 Å². The van der Waals surface area contributed by atoms with Gasteiger partial charge in [0, 0.05) is 4.90 Å². The molecule has 5 nitrogen and oxygen atoms in total. The molecule has 3 aromatic rings. The first-order chi connectivity index (χ1) is 13.7. The van der Waals surface area contributed by atoms with E-state index in [0.29, 0.717) is 11.6 Å². The number of benzene rings is 2. The van der Waals surface area contributed by atoms with Crippen molar-refractivity contribution in [2.45, 2.75) is 49.9 Å². The maximum absolute atomic E-state index is 12.5. The normalized spacial score (nSPS) is 11.3. The van der Waals surface area contributed by atoms with E-state index in [2.05, 4.69) is 36.3 Å². The molecule has 6 heteroatoms. The Morgan fingerprint density at radius 3 is 2.31 bits per heavy atom. The van der Waals surface area contributed by atoms with E-state index in [1.165, 1.54) is 5.56 Å². The van der Waals surface area contributed by atoms with E-state index in [9.17, 15) is 4.79 Å². The molecule has 0 unspecified atom stereocenters. The zero-order valence-corrected chi connectivity index (χ0v) is 18.2. The monoisotopic (exact) mass is 410 g/mol. The average molecular weight is 411 g/mol. The summed E-state index contributed by atoms with van der Waals surface area (Å²) in [6, 6.07) is 17.4. The molecule has 0 atom stereocenters. The Balaban J connectivity index is 1.84. The van der Waals surface area contributed by atoms with E-state index in [-0.39, 0.29) is 12.1 Å². The van der Waals surface area contributed by atoms with Gasteiger partial charge < -0.3 is 9.47 Å². The van der Waals surface area contributed by atoms with Crippen molar-refractivity contribution in [3.05, 3.63) is 65.9 Å². The Morgan fingerprint density at radius 1 is 1.03 bits per heavy atom. The molecular weight excluding hydrogens is 384 g/mol. The summed E-state index contributed by atoms with van der Waals surface area (Å²) in [5.74, 6) is 0.603. The first kappa shape index (κ1) is 21.0. The molecule has 0 radical (unpaired) electrons. The van der Waals surface area contributed by atoms with Crippen molar-refractivity contribution in [1.29, 1.82) is 0 Å². The second-order valence-electron chi connectivity index (χ2n) is 7.79. The van der Waals surface area contributed by atoms with Crippen LogP contribution in [0.1, 0.15) is 32.0 Å². The molecular formula is C23H26N2O3S. The number of hydrogen-bond donors (Lipinski definition) is 0. The van der Waals surface area contributed by atoms with Crippen LogP contribution in [0, 0.1) is 13.8 Å². The third kappa shape index (κ3) is 5.41. The van der Waals surface area contributed by atoms with Gasteiger partial charge in [-0.25, -0.2) is 9.48 Å². The van der Waals surface area contributed by atoms with Gasteiger partial charge in [-0.2, -0.15) is 5.10 Å². The number of nitrogens with zero attached hydrogens (tertiary/aromatic N) is 2. The third-order valence-corrected chi connectivity index (χ3v) is 5.33. The molecule has 0 N–H and O–H groups in total. The topological polar surface area (TPSA) is 53.4 Å². The van der Waals surface area contributed by atoms with Crippen LogP contribution in [-0.2, 0) is 10.3 Å². The lowest BCUT2D eigenvalue weighted by Gasteiger charge is -2.22. The van der Waals surface area contributed by atoms with E-state index in [0.717, 1.165) is 15.5 Å². The predicted molar refractivity (Wildman–Crippen MR) is 115 cm³/mol. The van der Waals surface area contributed by atoms with Gasteiger partial charge in [0.1, 0.15) is 5.75 Å². The lowest BCUT2D eigenvalue weighted by atomic mass is 10.1. The van der Waals surface area contributed by atoms with Crippen LogP contribution in [0.5, 0.6) is 11.6 Å². The van der Waals surface area contributed by atoms with Crippen molar-refractivity contribution in [3.63, 3.8) is 0 Å². The van der Waals surface area contributed by atoms with Gasteiger partial charge in [-0.15, -0.1) is 0 Å². The highest BCUT2D eigenvalue weighted by atomic mass is 32.2. The molecule has 1 heterocycles. The highest BCUT2D eigenvalue weighted by Gasteiger charge is 2.27. The number of aromatic nitrogens is 2. The number of carbonyl (C=O) groups excluding carboxylic acids is 1. The minimum absolute atomic E-state index is 0.174. The van der Waals surface area contributed by atoms with Crippen molar-refractivity contribution in [1.82, 2.24) is 9.78 Å². The number of carbonyl (C=O) groups is 1. The lowest BCUT2D eigenvalue weighted by Crippen LogP contribution is -2.27. The van der Waals surface area contributed by atoms with Crippen molar-refractivity contribution in [2.24, 2.45) is 0 Å². The van der Waals surface area contributed by atoms with Crippen LogP contribution in [-0.4, -0.2) is 22.4 Å². The Bertz CT molecular complexity index is 974. The van der Waals surface area contributed by atoms with E-state index in [1.54, 1.807) is 28.6 Å². The van der Waals surface area contributed by atoms with Gasteiger partial charge in [-0.1, -0.05) is 47.7 Å². The van der Waals surface area contributed by atoms with Crippen LogP contribution < -0.4 is 9.47 Å². The number of hydrogen-bond acceptors (Lipinski definition) is 5. The summed E-state index contributed by atoms with van der Waals surface area (Å²) in [5.41, 5.74) is 1.67. The molecule has 0 saturated carbocycles. The standard InChI is InChI=1S/C23H26N2O3S/c1-16-11-13-19(14-12-16)29-21-17(2)24-25(23(3,4)5)22(21)28-20(26)15-27-18-9-7-6-8-10-18/h6-14H,15H2,1-5H3. The molecule has 0 spiro atoms. The van der Waals surface area contributed by atoms with Crippen LogP contribution >= 0.6 is 11.8 Å². The molecule has 0 fully saturated rings. The van der Waals surface area contributed by atoms with Crippen molar-refractivity contribution in [3.8, 4) is 11.6 Å². The Morgan fingerprint density at radius 2 is 1.69 bits per heavy atom. The summed E-state index contributed by atoms with van der Waals surface area (Å²) in [7, 11) is 0. The van der Waals surface area contributed by atoms with Gasteiger partial charge >= 0.3 is 5.97 Å². The molecule has 0 aliphatic carbocycles. The smallest absolute Gasteiger partial charge is 0.350 e. The maximum atomic E-state index is 12.5. The van der Waals surface area contributed by atoms with Gasteiger partial charge in [0.25, 0.3) is 0 Å². The van der Waals surface area contributed by atoms with Gasteiger partial charge in [-0.3, -0.25) is 0 Å². The largest absolute Gasteiger partial charge is 0.482 e. The van der Waals surface area contributed by atoms with Crippen LogP contribution in [0.3, 0.4) is 0 Å². The zero-order valence-electron chi connectivity index (χ0n) is 17.4. The summed E-state index contributed by atoms with van der Waals surface area (Å²) >= 11 is 1.54. The molecule has 2 aromatic carbocycles. The second kappa shape index (κ2) is 8.74. The summed E-state index contributed by atoms with van der Waals surface area (Å²) in [5, 5.41) is 4.64.